The van der Waals surface area contributed by atoms with E-state index in [0.29, 0.717) is 61.3 Å². The first-order valence-corrected chi connectivity index (χ1v) is 14.6. The lowest BCUT2D eigenvalue weighted by Crippen LogP contribution is -2.40. The Morgan fingerprint density at radius 3 is 2.62 bits per heavy atom. The van der Waals surface area contributed by atoms with Crippen LogP contribution in [0.3, 0.4) is 0 Å². The number of carbonyl (C=O) groups excluding carboxylic acids is 1. The SMILES string of the molecule is COc1ccc(S(=O)(=O)N2CCCCC2)cc1NC(=O)C1CCCN(Cc2nc(-c3ccc(F)cc3)no2)C1. The van der Waals surface area contributed by atoms with Crippen LogP contribution in [0.25, 0.3) is 11.4 Å². The van der Waals surface area contributed by atoms with Gasteiger partial charge in [-0.2, -0.15) is 9.29 Å². The molecule has 12 heteroatoms. The number of aromatic nitrogens is 2. The highest BCUT2D eigenvalue weighted by atomic mass is 32.2. The van der Waals surface area contributed by atoms with Gasteiger partial charge in [0.1, 0.15) is 11.6 Å². The van der Waals surface area contributed by atoms with Gasteiger partial charge >= 0.3 is 0 Å². The van der Waals surface area contributed by atoms with E-state index in [4.69, 9.17) is 9.26 Å². The van der Waals surface area contributed by atoms with Gasteiger partial charge in [-0.3, -0.25) is 9.69 Å². The Balaban J connectivity index is 1.25. The minimum absolute atomic E-state index is 0.138. The average Bonchev–Trinajstić information content (AvgIpc) is 3.42. The van der Waals surface area contributed by atoms with E-state index >= 15 is 0 Å². The van der Waals surface area contributed by atoms with Crippen LogP contribution in [-0.4, -0.2) is 67.0 Å². The zero-order valence-corrected chi connectivity index (χ0v) is 22.6. The van der Waals surface area contributed by atoms with Crippen LogP contribution in [0.1, 0.15) is 38.0 Å². The molecule has 1 unspecified atom stereocenters. The van der Waals surface area contributed by atoms with Crippen molar-refractivity contribution in [3.8, 4) is 17.1 Å². The van der Waals surface area contributed by atoms with Gasteiger partial charge in [0.15, 0.2) is 0 Å². The molecule has 0 aliphatic carbocycles. The zero-order valence-electron chi connectivity index (χ0n) is 21.8. The summed E-state index contributed by atoms with van der Waals surface area (Å²) in [5.74, 6) is 0.324. The summed E-state index contributed by atoms with van der Waals surface area (Å²) < 4.78 is 51.9. The summed E-state index contributed by atoms with van der Waals surface area (Å²) in [4.78, 5) is 19.9. The van der Waals surface area contributed by atoms with Crippen LogP contribution < -0.4 is 10.1 Å². The van der Waals surface area contributed by atoms with Crippen molar-refractivity contribution in [1.82, 2.24) is 19.3 Å². The number of likely N-dealkylation sites (tertiary alicyclic amines) is 1. The number of hydrogen-bond acceptors (Lipinski definition) is 8. The number of sulfonamides is 1. The molecule has 0 bridgehead atoms. The van der Waals surface area contributed by atoms with E-state index in [0.717, 1.165) is 32.2 Å². The Kier molecular flexibility index (Phi) is 8.24. The highest BCUT2D eigenvalue weighted by Gasteiger charge is 2.30. The predicted molar refractivity (Wildman–Crippen MR) is 142 cm³/mol. The Labute approximate surface area is 227 Å². The van der Waals surface area contributed by atoms with Crippen LogP contribution in [0.4, 0.5) is 10.1 Å². The second kappa shape index (κ2) is 11.8. The van der Waals surface area contributed by atoms with Crippen molar-refractivity contribution >= 4 is 21.6 Å². The van der Waals surface area contributed by atoms with Gasteiger partial charge in [-0.05, 0) is 74.7 Å². The predicted octanol–water partition coefficient (Wildman–Crippen LogP) is 3.91. The molecule has 1 amide bonds. The minimum Gasteiger partial charge on any atom is -0.495 e. The van der Waals surface area contributed by atoms with E-state index in [1.54, 1.807) is 18.2 Å². The van der Waals surface area contributed by atoms with Gasteiger partial charge < -0.3 is 14.6 Å². The van der Waals surface area contributed by atoms with E-state index in [9.17, 15) is 17.6 Å². The van der Waals surface area contributed by atoms with Gasteiger partial charge in [0, 0.05) is 25.2 Å². The number of rotatable bonds is 8. The molecular weight excluding hydrogens is 525 g/mol. The Morgan fingerprint density at radius 2 is 1.87 bits per heavy atom. The Bertz CT molecular complexity index is 1410. The number of hydrogen-bond donors (Lipinski definition) is 1. The number of nitrogens with one attached hydrogen (secondary N) is 1. The van der Waals surface area contributed by atoms with Crippen LogP contribution in [0.2, 0.25) is 0 Å². The zero-order chi connectivity index (χ0) is 27.4. The molecule has 1 aromatic heterocycles. The largest absolute Gasteiger partial charge is 0.495 e. The molecule has 3 heterocycles. The maximum absolute atomic E-state index is 13.3. The number of piperidine rings is 2. The van der Waals surface area contributed by atoms with Crippen LogP contribution in [0.5, 0.6) is 5.75 Å². The number of anilines is 1. The lowest BCUT2D eigenvalue weighted by molar-refractivity contribution is -0.121. The van der Waals surface area contributed by atoms with E-state index in [2.05, 4.69) is 20.4 Å². The van der Waals surface area contributed by atoms with E-state index < -0.39 is 10.0 Å². The van der Waals surface area contributed by atoms with E-state index in [-0.39, 0.29) is 22.5 Å². The maximum Gasteiger partial charge on any atom is 0.243 e. The average molecular weight is 558 g/mol. The molecule has 2 aliphatic heterocycles. The number of halogens is 1. The summed E-state index contributed by atoms with van der Waals surface area (Å²) >= 11 is 0. The molecule has 2 aromatic carbocycles. The van der Waals surface area contributed by atoms with Gasteiger partial charge in [-0.25, -0.2) is 12.8 Å². The van der Waals surface area contributed by atoms with Gasteiger partial charge in [0.05, 0.1) is 30.2 Å². The Morgan fingerprint density at radius 1 is 1.10 bits per heavy atom. The molecule has 2 fully saturated rings. The molecule has 1 N–H and O–H groups in total. The molecule has 5 rings (SSSR count). The third-order valence-electron chi connectivity index (χ3n) is 7.19. The number of nitrogens with zero attached hydrogens (tertiary/aromatic N) is 4. The molecule has 0 saturated carbocycles. The van der Waals surface area contributed by atoms with E-state index in [1.807, 2.05) is 0 Å². The Hall–Kier alpha value is -3.35. The molecule has 0 spiro atoms. The second-order valence-electron chi connectivity index (χ2n) is 9.91. The fraction of sp³-hybridized carbons (Fsp3) is 0.444. The van der Waals surface area contributed by atoms with E-state index in [1.165, 1.54) is 35.7 Å². The number of methoxy groups -OCH3 is 1. The number of amides is 1. The quantitative estimate of drug-likeness (QED) is 0.443. The van der Waals surface area contributed by atoms with Crippen molar-refractivity contribution in [2.45, 2.75) is 43.5 Å². The summed E-state index contributed by atoms with van der Waals surface area (Å²) in [6.45, 7) is 2.63. The summed E-state index contributed by atoms with van der Waals surface area (Å²) in [6.07, 6.45) is 4.21. The molecule has 39 heavy (non-hydrogen) atoms. The molecule has 2 aliphatic rings. The summed E-state index contributed by atoms with van der Waals surface area (Å²) in [5, 5.41) is 6.90. The first-order valence-electron chi connectivity index (χ1n) is 13.1. The van der Waals surface area contributed by atoms with Crippen LogP contribution >= 0.6 is 0 Å². The van der Waals surface area contributed by atoms with Gasteiger partial charge in [-0.1, -0.05) is 11.6 Å². The lowest BCUT2D eigenvalue weighted by atomic mass is 9.97. The molecular formula is C27H32FN5O5S. The van der Waals surface area contributed by atoms with Gasteiger partial charge in [0.25, 0.3) is 0 Å². The fourth-order valence-corrected chi connectivity index (χ4v) is 6.62. The van der Waals surface area contributed by atoms with Crippen molar-refractivity contribution in [3.05, 3.63) is 54.2 Å². The first kappa shape index (κ1) is 27.2. The smallest absolute Gasteiger partial charge is 0.243 e. The van der Waals surface area contributed by atoms with Crippen molar-refractivity contribution in [1.29, 1.82) is 0 Å². The van der Waals surface area contributed by atoms with Gasteiger partial charge in [-0.15, -0.1) is 0 Å². The number of benzene rings is 2. The normalized spacial score (nSPS) is 19.1. The molecule has 1 atom stereocenters. The van der Waals surface area contributed by atoms with Crippen LogP contribution in [0, 0.1) is 11.7 Å². The molecule has 3 aromatic rings. The highest BCUT2D eigenvalue weighted by Crippen LogP contribution is 2.31. The monoisotopic (exact) mass is 557 g/mol. The van der Waals surface area contributed by atoms with Crippen molar-refractivity contribution in [2.24, 2.45) is 5.92 Å². The topological polar surface area (TPSA) is 118 Å². The maximum atomic E-state index is 13.3. The number of ether oxygens (including phenoxy) is 1. The van der Waals surface area contributed by atoms with Crippen molar-refractivity contribution in [2.75, 3.05) is 38.6 Å². The highest BCUT2D eigenvalue weighted by molar-refractivity contribution is 7.89. The van der Waals surface area contributed by atoms with Crippen molar-refractivity contribution in [3.63, 3.8) is 0 Å². The summed E-state index contributed by atoms with van der Waals surface area (Å²) in [5.41, 5.74) is 0.985. The molecule has 208 valence electrons. The lowest BCUT2D eigenvalue weighted by Gasteiger charge is -2.31. The fourth-order valence-electron chi connectivity index (χ4n) is 5.07. The third kappa shape index (κ3) is 6.29. The number of carbonyl (C=O) groups is 1. The molecule has 0 radical (unpaired) electrons. The summed E-state index contributed by atoms with van der Waals surface area (Å²) in [6, 6.07) is 10.4. The molecule has 10 nitrogen and oxygen atoms in total. The molecule has 2 saturated heterocycles. The van der Waals surface area contributed by atoms with Crippen molar-refractivity contribution < 1.29 is 26.9 Å². The standard InChI is InChI=1S/C27H32FN5O5S/c1-37-24-12-11-22(39(35,36)33-14-3-2-4-15-33)16-23(24)29-27(34)20-6-5-13-32(17-20)18-25-30-26(31-38-25)19-7-9-21(28)10-8-19/h7-12,16,20H,2-6,13-15,17-18H2,1H3,(H,29,34). The summed E-state index contributed by atoms with van der Waals surface area (Å²) in [7, 11) is -2.17. The second-order valence-corrected chi connectivity index (χ2v) is 11.8. The third-order valence-corrected chi connectivity index (χ3v) is 9.08. The van der Waals surface area contributed by atoms with Crippen LogP contribution in [0.15, 0.2) is 51.9 Å². The minimum atomic E-state index is -3.66. The van der Waals surface area contributed by atoms with Gasteiger partial charge in [0.2, 0.25) is 27.6 Å². The van der Waals surface area contributed by atoms with Crippen LogP contribution in [-0.2, 0) is 21.4 Å². The first-order chi connectivity index (χ1) is 18.8.